The molecular weight excluding hydrogens is 545 g/mol. The topological polar surface area (TPSA) is 116 Å². The van der Waals surface area contributed by atoms with E-state index in [-0.39, 0.29) is 35.1 Å². The molecule has 2 N–H and O–H groups in total. The van der Waals surface area contributed by atoms with E-state index in [4.69, 9.17) is 16.6 Å². The summed E-state index contributed by atoms with van der Waals surface area (Å²) < 4.78 is 14.4. The van der Waals surface area contributed by atoms with E-state index in [1.54, 1.807) is 18.2 Å². The van der Waals surface area contributed by atoms with Crippen molar-refractivity contribution in [2.45, 2.75) is 84.5 Å². The number of hydrogen-bond donors (Lipinski definition) is 2. The Morgan fingerprint density at radius 2 is 1.90 bits per heavy atom. The van der Waals surface area contributed by atoms with Gasteiger partial charge in [-0.05, 0) is 61.1 Å². The highest BCUT2D eigenvalue weighted by atomic mass is 35.5. The average molecular weight is 582 g/mol. The second-order valence-electron chi connectivity index (χ2n) is 10.7. The molecule has 2 aromatic carbocycles. The summed E-state index contributed by atoms with van der Waals surface area (Å²) in [5, 5.41) is 16.5. The monoisotopic (exact) mass is 581 g/mol. The van der Waals surface area contributed by atoms with E-state index in [0.29, 0.717) is 42.1 Å². The molecule has 1 aromatic heterocycles. The summed E-state index contributed by atoms with van der Waals surface area (Å²) in [5.74, 6) is -0.319. The zero-order chi connectivity index (χ0) is 29.6. The van der Waals surface area contributed by atoms with Crippen molar-refractivity contribution in [1.29, 1.82) is 0 Å². The van der Waals surface area contributed by atoms with E-state index < -0.39 is 11.5 Å². The van der Waals surface area contributed by atoms with Gasteiger partial charge in [0.2, 0.25) is 0 Å². The predicted octanol–water partition coefficient (Wildman–Crippen LogP) is 6.03. The number of carbonyl (C=O) groups excluding carboxylic acids is 2. The number of nitrogens with one attached hydrogen (secondary N) is 2. The van der Waals surface area contributed by atoms with Crippen LogP contribution in [0.5, 0.6) is 0 Å². The van der Waals surface area contributed by atoms with Crippen molar-refractivity contribution in [1.82, 2.24) is 30.8 Å². The Morgan fingerprint density at radius 1 is 1.15 bits per heavy atom. The molecule has 3 unspecified atom stereocenters. The van der Waals surface area contributed by atoms with E-state index in [1.165, 1.54) is 12.1 Å². The number of hydrogen-bond acceptors (Lipinski definition) is 6. The van der Waals surface area contributed by atoms with Gasteiger partial charge in [0.1, 0.15) is 17.2 Å². The highest BCUT2D eigenvalue weighted by Gasteiger charge is 2.50. The quantitative estimate of drug-likeness (QED) is 0.256. The molecule has 0 spiro atoms. The first-order chi connectivity index (χ1) is 19.7. The predicted molar refractivity (Wildman–Crippen MR) is 156 cm³/mol. The van der Waals surface area contributed by atoms with E-state index >= 15 is 0 Å². The smallest absolute Gasteiger partial charge is 0.275 e. The summed E-state index contributed by atoms with van der Waals surface area (Å²) in [6.45, 7) is 8.62. The van der Waals surface area contributed by atoms with Crippen LogP contribution in [-0.4, -0.2) is 48.7 Å². The maximum Gasteiger partial charge on any atom is 0.275 e. The summed E-state index contributed by atoms with van der Waals surface area (Å²) in [6.07, 6.45) is 4.65. The van der Waals surface area contributed by atoms with Gasteiger partial charge in [0.05, 0.1) is 12.6 Å². The largest absolute Gasteiger partial charge is 0.345 e. The molecule has 11 heteroatoms. The Balaban J connectivity index is 1.71. The number of amides is 2. The van der Waals surface area contributed by atoms with Crippen LogP contribution < -0.4 is 5.32 Å². The van der Waals surface area contributed by atoms with Gasteiger partial charge in [-0.15, -0.1) is 10.2 Å². The first-order valence-corrected chi connectivity index (χ1v) is 14.6. The number of benzene rings is 2. The molecule has 0 radical (unpaired) electrons. The standard InChI is InChI=1S/C30H37ClFN7O2/c1-5-8-25(20-9-11-21(12-10-20)28(40)33-18-26-35-37-38-36-26)39-29(41)27(22-14-23(31)16-24(32)15-22)34-30(39,13-6-2)17-19(4)7-3/h9-12,14-16,19,25H,5-8,13,17-18H2,1-4H3,(H,33,40)(H,35,36,37,38). The van der Waals surface area contributed by atoms with Crippen molar-refractivity contribution < 1.29 is 14.0 Å². The minimum atomic E-state index is -0.782. The number of aliphatic imine (C=N–C) groups is 1. The van der Waals surface area contributed by atoms with Crippen molar-refractivity contribution in [2.24, 2.45) is 10.9 Å². The minimum Gasteiger partial charge on any atom is -0.345 e. The molecule has 0 fully saturated rings. The van der Waals surface area contributed by atoms with Gasteiger partial charge in [0.25, 0.3) is 11.8 Å². The number of aromatic nitrogens is 4. The van der Waals surface area contributed by atoms with Crippen LogP contribution in [0.3, 0.4) is 0 Å². The molecule has 41 heavy (non-hydrogen) atoms. The maximum absolute atomic E-state index is 14.4. The minimum absolute atomic E-state index is 0.150. The van der Waals surface area contributed by atoms with Crippen molar-refractivity contribution in [2.75, 3.05) is 0 Å². The molecule has 2 heterocycles. The van der Waals surface area contributed by atoms with Gasteiger partial charge in [0, 0.05) is 16.1 Å². The number of halogens is 2. The lowest BCUT2D eigenvalue weighted by atomic mass is 9.87. The first-order valence-electron chi connectivity index (χ1n) is 14.2. The molecule has 1 aliphatic heterocycles. The third-order valence-corrected chi connectivity index (χ3v) is 7.79. The molecule has 218 valence electrons. The molecule has 0 bridgehead atoms. The van der Waals surface area contributed by atoms with Gasteiger partial charge in [-0.2, -0.15) is 5.21 Å². The van der Waals surface area contributed by atoms with Gasteiger partial charge in [-0.3, -0.25) is 14.6 Å². The van der Waals surface area contributed by atoms with Crippen LogP contribution in [-0.2, 0) is 11.3 Å². The number of tetrazole rings is 1. The van der Waals surface area contributed by atoms with Gasteiger partial charge in [0.15, 0.2) is 5.82 Å². The van der Waals surface area contributed by atoms with Gasteiger partial charge in [-0.25, -0.2) is 4.39 Å². The maximum atomic E-state index is 14.4. The highest BCUT2D eigenvalue weighted by molar-refractivity contribution is 6.47. The summed E-state index contributed by atoms with van der Waals surface area (Å²) in [4.78, 5) is 34.1. The molecule has 0 aliphatic carbocycles. The summed E-state index contributed by atoms with van der Waals surface area (Å²) >= 11 is 6.19. The fourth-order valence-electron chi connectivity index (χ4n) is 5.54. The fraction of sp³-hybridized carbons (Fsp3) is 0.467. The molecule has 1 aliphatic rings. The Hall–Kier alpha value is -3.66. The molecule has 2 amide bonds. The van der Waals surface area contributed by atoms with E-state index in [2.05, 4.69) is 53.6 Å². The number of aromatic amines is 1. The SMILES string of the molecule is CCCC(c1ccc(C(=O)NCc2nn[nH]n2)cc1)N1C(=O)C(c2cc(F)cc(Cl)c2)=NC1(CCC)CC(C)CC. The van der Waals surface area contributed by atoms with Crippen LogP contribution in [0.1, 0.15) is 99.6 Å². The van der Waals surface area contributed by atoms with Crippen LogP contribution in [0.25, 0.3) is 0 Å². The van der Waals surface area contributed by atoms with Crippen molar-refractivity contribution in [3.05, 3.63) is 75.8 Å². The lowest BCUT2D eigenvalue weighted by Crippen LogP contribution is -2.49. The molecule has 9 nitrogen and oxygen atoms in total. The van der Waals surface area contributed by atoms with Crippen LogP contribution in [0.2, 0.25) is 5.02 Å². The van der Waals surface area contributed by atoms with Crippen LogP contribution in [0, 0.1) is 11.7 Å². The fourth-order valence-corrected chi connectivity index (χ4v) is 5.76. The van der Waals surface area contributed by atoms with Crippen LogP contribution >= 0.6 is 11.6 Å². The average Bonchev–Trinajstić information content (AvgIpc) is 3.56. The van der Waals surface area contributed by atoms with Crippen molar-refractivity contribution >= 4 is 29.1 Å². The van der Waals surface area contributed by atoms with Crippen molar-refractivity contribution in [3.8, 4) is 0 Å². The number of nitrogens with zero attached hydrogens (tertiary/aromatic N) is 5. The van der Waals surface area contributed by atoms with Gasteiger partial charge < -0.3 is 10.2 Å². The summed E-state index contributed by atoms with van der Waals surface area (Å²) in [7, 11) is 0. The molecule has 3 aromatic rings. The van der Waals surface area contributed by atoms with E-state index in [9.17, 15) is 14.0 Å². The normalized spacial score (nSPS) is 18.3. The highest BCUT2D eigenvalue weighted by Crippen LogP contribution is 2.44. The molecule has 4 rings (SSSR count). The number of H-pyrrole nitrogens is 1. The zero-order valence-corrected chi connectivity index (χ0v) is 24.7. The Bertz CT molecular complexity index is 1360. The Kier molecular flexibility index (Phi) is 9.86. The number of carbonyl (C=O) groups is 2. The molecular formula is C30H37ClFN7O2. The molecule has 0 saturated heterocycles. The third-order valence-electron chi connectivity index (χ3n) is 7.58. The van der Waals surface area contributed by atoms with Gasteiger partial charge in [-0.1, -0.05) is 75.9 Å². The summed E-state index contributed by atoms with van der Waals surface area (Å²) in [5.41, 5.74) is 1.23. The van der Waals surface area contributed by atoms with Crippen molar-refractivity contribution in [3.63, 3.8) is 0 Å². The second kappa shape index (κ2) is 13.3. The Morgan fingerprint density at radius 3 is 2.51 bits per heavy atom. The zero-order valence-electron chi connectivity index (χ0n) is 24.0. The summed E-state index contributed by atoms with van der Waals surface area (Å²) in [6, 6.07) is 11.2. The number of rotatable bonds is 13. The van der Waals surface area contributed by atoms with Crippen LogP contribution in [0.15, 0.2) is 47.5 Å². The first kappa shape index (κ1) is 30.3. The lowest BCUT2D eigenvalue weighted by Gasteiger charge is -2.43. The molecule has 0 saturated carbocycles. The lowest BCUT2D eigenvalue weighted by molar-refractivity contribution is -0.132. The third kappa shape index (κ3) is 6.81. The Labute approximate surface area is 245 Å². The van der Waals surface area contributed by atoms with E-state index in [1.807, 2.05) is 17.0 Å². The molecule has 3 atom stereocenters. The van der Waals surface area contributed by atoms with E-state index in [0.717, 1.165) is 24.8 Å². The van der Waals surface area contributed by atoms with Gasteiger partial charge >= 0.3 is 0 Å². The second-order valence-corrected chi connectivity index (χ2v) is 11.1. The van der Waals surface area contributed by atoms with Crippen LogP contribution in [0.4, 0.5) is 4.39 Å².